The van der Waals surface area contributed by atoms with E-state index in [1.807, 2.05) is 0 Å². The summed E-state index contributed by atoms with van der Waals surface area (Å²) in [5.74, 6) is -0.167. The zero-order valence-corrected chi connectivity index (χ0v) is 9.92. The third-order valence-electron chi connectivity index (χ3n) is 2.40. The monoisotopic (exact) mass is 256 g/mol. The van der Waals surface area contributed by atoms with E-state index in [-0.39, 0.29) is 17.1 Å². The van der Waals surface area contributed by atoms with Gasteiger partial charge in [0, 0.05) is 12.2 Å². The summed E-state index contributed by atoms with van der Waals surface area (Å²) < 4.78 is 0. The Kier molecular flexibility index (Phi) is 3.46. The number of hydrogen-bond donors (Lipinski definition) is 1. The van der Waals surface area contributed by atoms with Crippen molar-refractivity contribution in [3.8, 4) is 0 Å². The van der Waals surface area contributed by atoms with Crippen LogP contribution >= 0.6 is 23.2 Å². The van der Waals surface area contributed by atoms with Gasteiger partial charge in [-0.3, -0.25) is 4.79 Å². The summed E-state index contributed by atoms with van der Waals surface area (Å²) in [6.07, 6.45) is 7.28. The quantitative estimate of drug-likeness (QED) is 0.653. The molecule has 1 aliphatic carbocycles. The number of halogens is 2. The second-order valence-corrected chi connectivity index (χ2v) is 4.38. The highest BCUT2D eigenvalue weighted by molar-refractivity contribution is 6.41. The molecule has 0 spiro atoms. The lowest BCUT2D eigenvalue weighted by atomic mass is 10.2. The predicted octanol–water partition coefficient (Wildman–Crippen LogP) is 2.84. The standard InChI is InChI=1S/C11H10Cl2N2O/c12-9-5-7(6-14-10(9)13)11(16)15-8-3-1-2-4-8/h1-2,5-6,8H,3-4H2,(H,15,16). The van der Waals surface area contributed by atoms with Crippen molar-refractivity contribution in [2.24, 2.45) is 0 Å². The predicted molar refractivity (Wildman–Crippen MR) is 63.9 cm³/mol. The Morgan fingerprint density at radius 1 is 1.38 bits per heavy atom. The lowest BCUT2D eigenvalue weighted by Gasteiger charge is -2.11. The highest BCUT2D eigenvalue weighted by Gasteiger charge is 2.15. The Morgan fingerprint density at radius 3 is 2.69 bits per heavy atom. The Hall–Kier alpha value is -1.06. The first kappa shape index (κ1) is 11.4. The molecule has 5 heteroatoms. The average molecular weight is 257 g/mol. The molecule has 1 aliphatic rings. The lowest BCUT2D eigenvalue weighted by Crippen LogP contribution is -2.32. The maximum atomic E-state index is 11.8. The lowest BCUT2D eigenvalue weighted by molar-refractivity contribution is 0.0938. The molecule has 1 N–H and O–H groups in total. The molecule has 0 unspecified atom stereocenters. The normalized spacial score (nSPS) is 15.4. The van der Waals surface area contributed by atoms with Crippen LogP contribution < -0.4 is 5.32 Å². The molecule has 0 fully saturated rings. The SMILES string of the molecule is O=C(NC1CC=CC1)c1cnc(Cl)c(Cl)c1. The smallest absolute Gasteiger partial charge is 0.253 e. The summed E-state index contributed by atoms with van der Waals surface area (Å²) >= 11 is 11.5. The Labute approximate surface area is 103 Å². The maximum absolute atomic E-state index is 11.8. The number of rotatable bonds is 2. The Morgan fingerprint density at radius 2 is 2.06 bits per heavy atom. The van der Waals surface area contributed by atoms with Gasteiger partial charge in [-0.15, -0.1) is 0 Å². The van der Waals surface area contributed by atoms with Crippen molar-refractivity contribution in [3.05, 3.63) is 40.2 Å². The maximum Gasteiger partial charge on any atom is 0.253 e. The molecule has 1 aromatic heterocycles. The van der Waals surface area contributed by atoms with E-state index in [4.69, 9.17) is 23.2 Å². The van der Waals surface area contributed by atoms with E-state index in [1.165, 1.54) is 12.3 Å². The largest absolute Gasteiger partial charge is 0.349 e. The first-order valence-electron chi connectivity index (χ1n) is 4.93. The van der Waals surface area contributed by atoms with Crippen LogP contribution in [-0.2, 0) is 0 Å². The minimum atomic E-state index is -0.167. The molecule has 0 bridgehead atoms. The van der Waals surface area contributed by atoms with Crippen LogP contribution in [0, 0.1) is 0 Å². The molecule has 1 aromatic rings. The van der Waals surface area contributed by atoms with Crippen LogP contribution in [0.15, 0.2) is 24.4 Å². The highest BCUT2D eigenvalue weighted by atomic mass is 35.5. The average Bonchev–Trinajstić information content (AvgIpc) is 2.74. The van der Waals surface area contributed by atoms with Crippen molar-refractivity contribution in [2.75, 3.05) is 0 Å². The highest BCUT2D eigenvalue weighted by Crippen LogP contribution is 2.20. The molecule has 0 saturated heterocycles. The molecule has 0 aliphatic heterocycles. The number of carbonyl (C=O) groups is 1. The number of nitrogens with zero attached hydrogens (tertiary/aromatic N) is 1. The van der Waals surface area contributed by atoms with Gasteiger partial charge in [-0.25, -0.2) is 4.98 Å². The van der Waals surface area contributed by atoms with Crippen molar-refractivity contribution in [3.63, 3.8) is 0 Å². The molecule has 0 saturated carbocycles. The summed E-state index contributed by atoms with van der Waals surface area (Å²) in [5.41, 5.74) is 0.432. The van der Waals surface area contributed by atoms with Crippen molar-refractivity contribution in [2.45, 2.75) is 18.9 Å². The number of amides is 1. The van der Waals surface area contributed by atoms with Crippen molar-refractivity contribution < 1.29 is 4.79 Å². The second kappa shape index (κ2) is 4.85. The minimum absolute atomic E-state index is 0.167. The summed E-state index contributed by atoms with van der Waals surface area (Å²) in [7, 11) is 0. The van der Waals surface area contributed by atoms with Gasteiger partial charge < -0.3 is 5.32 Å². The molecule has 84 valence electrons. The summed E-state index contributed by atoms with van der Waals surface area (Å²) in [6.45, 7) is 0. The zero-order valence-electron chi connectivity index (χ0n) is 8.41. The van der Waals surface area contributed by atoms with Crippen LogP contribution in [0.5, 0.6) is 0 Å². The van der Waals surface area contributed by atoms with E-state index in [2.05, 4.69) is 22.5 Å². The fraction of sp³-hybridized carbons (Fsp3) is 0.273. The zero-order chi connectivity index (χ0) is 11.5. The molecular formula is C11H10Cl2N2O. The van der Waals surface area contributed by atoms with Gasteiger partial charge in [-0.2, -0.15) is 0 Å². The van der Waals surface area contributed by atoms with Crippen molar-refractivity contribution in [1.82, 2.24) is 10.3 Å². The third kappa shape index (κ3) is 2.54. The molecule has 0 aromatic carbocycles. The Balaban J connectivity index is 2.05. The van der Waals surface area contributed by atoms with E-state index in [0.717, 1.165) is 12.8 Å². The fourth-order valence-corrected chi connectivity index (χ4v) is 1.82. The molecule has 2 rings (SSSR count). The van der Waals surface area contributed by atoms with Gasteiger partial charge in [0.2, 0.25) is 0 Å². The van der Waals surface area contributed by atoms with Gasteiger partial charge in [0.15, 0.2) is 0 Å². The van der Waals surface area contributed by atoms with Crippen LogP contribution in [0.3, 0.4) is 0 Å². The summed E-state index contributed by atoms with van der Waals surface area (Å²) in [4.78, 5) is 15.6. The van der Waals surface area contributed by atoms with Gasteiger partial charge >= 0.3 is 0 Å². The summed E-state index contributed by atoms with van der Waals surface area (Å²) in [5, 5.41) is 3.40. The van der Waals surface area contributed by atoms with Crippen molar-refractivity contribution >= 4 is 29.1 Å². The van der Waals surface area contributed by atoms with Crippen LogP contribution in [0.1, 0.15) is 23.2 Å². The number of hydrogen-bond acceptors (Lipinski definition) is 2. The first-order valence-corrected chi connectivity index (χ1v) is 5.69. The molecular weight excluding hydrogens is 247 g/mol. The number of nitrogens with one attached hydrogen (secondary N) is 1. The van der Waals surface area contributed by atoms with Crippen LogP contribution in [0.2, 0.25) is 10.2 Å². The van der Waals surface area contributed by atoms with E-state index >= 15 is 0 Å². The Bertz CT molecular complexity index is 438. The summed E-state index contributed by atoms with van der Waals surface area (Å²) in [6, 6.07) is 1.70. The van der Waals surface area contributed by atoms with Gasteiger partial charge in [0.25, 0.3) is 5.91 Å². The van der Waals surface area contributed by atoms with Gasteiger partial charge in [-0.1, -0.05) is 35.4 Å². The van der Waals surface area contributed by atoms with Gasteiger partial charge in [0.05, 0.1) is 10.6 Å². The second-order valence-electron chi connectivity index (χ2n) is 3.61. The van der Waals surface area contributed by atoms with Crippen molar-refractivity contribution in [1.29, 1.82) is 0 Å². The molecule has 3 nitrogen and oxygen atoms in total. The van der Waals surface area contributed by atoms with Gasteiger partial charge in [-0.05, 0) is 18.9 Å². The third-order valence-corrected chi connectivity index (χ3v) is 3.09. The van der Waals surface area contributed by atoms with E-state index < -0.39 is 0 Å². The number of pyridine rings is 1. The van der Waals surface area contributed by atoms with E-state index in [9.17, 15) is 4.79 Å². The van der Waals surface area contributed by atoms with E-state index in [1.54, 1.807) is 0 Å². The molecule has 0 radical (unpaired) electrons. The van der Waals surface area contributed by atoms with Crippen LogP contribution in [0.4, 0.5) is 0 Å². The molecule has 1 amide bonds. The first-order chi connectivity index (χ1) is 7.66. The molecule has 1 heterocycles. The minimum Gasteiger partial charge on any atom is -0.349 e. The fourth-order valence-electron chi connectivity index (χ4n) is 1.55. The van der Waals surface area contributed by atoms with E-state index in [0.29, 0.717) is 10.6 Å². The van der Waals surface area contributed by atoms with Crippen LogP contribution in [-0.4, -0.2) is 16.9 Å². The number of aromatic nitrogens is 1. The molecule has 0 atom stereocenters. The number of carbonyl (C=O) groups excluding carboxylic acids is 1. The molecule has 16 heavy (non-hydrogen) atoms. The topological polar surface area (TPSA) is 42.0 Å². The van der Waals surface area contributed by atoms with Gasteiger partial charge in [0.1, 0.15) is 5.15 Å². The van der Waals surface area contributed by atoms with Crippen LogP contribution in [0.25, 0.3) is 0 Å².